The van der Waals surface area contributed by atoms with Gasteiger partial charge in [0, 0.05) is 22.3 Å². The Labute approximate surface area is 183 Å². The van der Waals surface area contributed by atoms with Gasteiger partial charge in [0.1, 0.15) is 12.1 Å². The number of aryl methyl sites for hydroxylation is 2. The zero-order valence-electron chi connectivity index (χ0n) is 17.1. The number of carbonyl (C=O) groups excluding carboxylic acids is 2. The van der Waals surface area contributed by atoms with E-state index in [0.717, 1.165) is 17.5 Å². The topological polar surface area (TPSA) is 110 Å². The standard InChI is InChI=1S/C23H21N5O2S/c1-3-14-5-4-6-15(9-14)22(29)27-16-8-7-13(2)18(10-16)28-23(30)17-11-31-20-19(17)25-12-26-21(20)24/h4-12H,3H2,1-2H3,(H,27,29)(H,28,30)(H2,24,25,26). The Morgan fingerprint density at radius 1 is 1.06 bits per heavy atom. The van der Waals surface area contributed by atoms with Crippen molar-refractivity contribution < 1.29 is 9.59 Å². The summed E-state index contributed by atoms with van der Waals surface area (Å²) in [4.78, 5) is 33.7. The lowest BCUT2D eigenvalue weighted by atomic mass is 10.1. The number of thiophene rings is 1. The minimum absolute atomic E-state index is 0.201. The molecule has 0 aliphatic rings. The van der Waals surface area contributed by atoms with Crippen molar-refractivity contribution in [3.63, 3.8) is 0 Å². The molecule has 0 atom stereocenters. The molecule has 156 valence electrons. The molecule has 0 saturated carbocycles. The van der Waals surface area contributed by atoms with Crippen molar-refractivity contribution in [2.75, 3.05) is 16.4 Å². The van der Waals surface area contributed by atoms with Gasteiger partial charge in [-0.25, -0.2) is 9.97 Å². The lowest BCUT2D eigenvalue weighted by molar-refractivity contribution is 0.102. The summed E-state index contributed by atoms with van der Waals surface area (Å²) < 4.78 is 0.680. The molecule has 31 heavy (non-hydrogen) atoms. The van der Waals surface area contributed by atoms with Gasteiger partial charge in [0.2, 0.25) is 0 Å². The van der Waals surface area contributed by atoms with Gasteiger partial charge < -0.3 is 16.4 Å². The van der Waals surface area contributed by atoms with Gasteiger partial charge in [-0.15, -0.1) is 11.3 Å². The largest absolute Gasteiger partial charge is 0.382 e. The summed E-state index contributed by atoms with van der Waals surface area (Å²) in [6.45, 7) is 3.93. The first-order valence-electron chi connectivity index (χ1n) is 9.76. The van der Waals surface area contributed by atoms with Crippen LogP contribution in [-0.2, 0) is 6.42 Å². The second-order valence-electron chi connectivity index (χ2n) is 7.08. The number of nitrogens with zero attached hydrogens (tertiary/aromatic N) is 2. The maximum Gasteiger partial charge on any atom is 0.258 e. The van der Waals surface area contributed by atoms with Crippen molar-refractivity contribution in [3.05, 3.63) is 76.4 Å². The molecule has 8 heteroatoms. The molecule has 0 radical (unpaired) electrons. The van der Waals surface area contributed by atoms with E-state index >= 15 is 0 Å². The number of fused-ring (bicyclic) bond motifs is 1. The second-order valence-corrected chi connectivity index (χ2v) is 7.96. The van der Waals surface area contributed by atoms with Gasteiger partial charge in [-0.2, -0.15) is 0 Å². The molecular weight excluding hydrogens is 410 g/mol. The Kier molecular flexibility index (Phi) is 5.64. The van der Waals surface area contributed by atoms with Crippen LogP contribution in [0.15, 0.2) is 54.2 Å². The van der Waals surface area contributed by atoms with Gasteiger partial charge in [-0.3, -0.25) is 9.59 Å². The van der Waals surface area contributed by atoms with Gasteiger partial charge in [0.05, 0.1) is 15.8 Å². The van der Waals surface area contributed by atoms with Gasteiger partial charge in [-0.05, 0) is 48.7 Å². The summed E-state index contributed by atoms with van der Waals surface area (Å²) in [5.41, 5.74) is 10.6. The summed E-state index contributed by atoms with van der Waals surface area (Å²) in [5, 5.41) is 7.52. The normalized spacial score (nSPS) is 10.8. The highest BCUT2D eigenvalue weighted by atomic mass is 32.1. The highest BCUT2D eigenvalue weighted by Crippen LogP contribution is 2.29. The SMILES string of the molecule is CCc1cccc(C(=O)Nc2ccc(C)c(NC(=O)c3csc4c(N)ncnc34)c2)c1. The zero-order chi connectivity index (χ0) is 22.0. The van der Waals surface area contributed by atoms with Crippen LogP contribution in [0, 0.1) is 6.92 Å². The van der Waals surface area contributed by atoms with Gasteiger partial charge in [0.25, 0.3) is 11.8 Å². The fraction of sp³-hybridized carbons (Fsp3) is 0.130. The summed E-state index contributed by atoms with van der Waals surface area (Å²) in [5.74, 6) is -0.152. The van der Waals surface area contributed by atoms with Crippen molar-refractivity contribution in [1.82, 2.24) is 9.97 Å². The maximum atomic E-state index is 12.9. The summed E-state index contributed by atoms with van der Waals surface area (Å²) in [6, 6.07) is 12.9. The van der Waals surface area contributed by atoms with Crippen molar-refractivity contribution in [2.45, 2.75) is 20.3 Å². The zero-order valence-corrected chi connectivity index (χ0v) is 17.9. The van der Waals surface area contributed by atoms with Crippen LogP contribution in [0.4, 0.5) is 17.2 Å². The first-order valence-corrected chi connectivity index (χ1v) is 10.6. The van der Waals surface area contributed by atoms with E-state index < -0.39 is 0 Å². The molecule has 2 heterocycles. The summed E-state index contributed by atoms with van der Waals surface area (Å²) in [6.07, 6.45) is 2.20. The summed E-state index contributed by atoms with van der Waals surface area (Å²) >= 11 is 1.33. The van der Waals surface area contributed by atoms with Crippen LogP contribution in [0.25, 0.3) is 10.2 Å². The highest BCUT2D eigenvalue weighted by Gasteiger charge is 2.17. The fourth-order valence-corrected chi connectivity index (χ4v) is 4.09. The van der Waals surface area contributed by atoms with E-state index in [1.54, 1.807) is 23.6 Å². The predicted octanol–water partition coefficient (Wildman–Crippen LogP) is 4.65. The maximum absolute atomic E-state index is 12.9. The number of nitrogens with two attached hydrogens (primary N) is 1. The number of nitrogens with one attached hydrogen (secondary N) is 2. The van der Waals surface area contributed by atoms with Crippen LogP contribution >= 0.6 is 11.3 Å². The molecule has 0 bridgehead atoms. The van der Waals surface area contributed by atoms with Crippen molar-refractivity contribution in [2.24, 2.45) is 0 Å². The van der Waals surface area contributed by atoms with Crippen LogP contribution in [-0.4, -0.2) is 21.8 Å². The van der Waals surface area contributed by atoms with E-state index in [0.29, 0.717) is 38.5 Å². The van der Waals surface area contributed by atoms with Gasteiger partial charge in [0.15, 0.2) is 0 Å². The Bertz CT molecular complexity index is 1300. The minimum atomic E-state index is -0.299. The number of anilines is 3. The van der Waals surface area contributed by atoms with Crippen molar-refractivity contribution in [1.29, 1.82) is 0 Å². The molecule has 4 aromatic rings. The van der Waals surface area contributed by atoms with E-state index in [1.807, 2.05) is 38.1 Å². The average molecular weight is 432 g/mol. The number of amides is 2. The van der Waals surface area contributed by atoms with Crippen molar-refractivity contribution >= 4 is 50.6 Å². The van der Waals surface area contributed by atoms with Crippen LogP contribution < -0.4 is 16.4 Å². The molecule has 0 unspecified atom stereocenters. The van der Waals surface area contributed by atoms with Crippen LogP contribution in [0.1, 0.15) is 38.8 Å². The van der Waals surface area contributed by atoms with E-state index in [-0.39, 0.29) is 11.8 Å². The van der Waals surface area contributed by atoms with E-state index in [4.69, 9.17) is 5.73 Å². The highest BCUT2D eigenvalue weighted by molar-refractivity contribution is 7.18. The quantitative estimate of drug-likeness (QED) is 0.426. The van der Waals surface area contributed by atoms with Crippen LogP contribution in [0.2, 0.25) is 0 Å². The Morgan fingerprint density at radius 3 is 2.71 bits per heavy atom. The molecule has 2 aromatic heterocycles. The molecule has 2 aromatic carbocycles. The molecule has 0 fully saturated rings. The van der Waals surface area contributed by atoms with Gasteiger partial charge in [-0.1, -0.05) is 25.1 Å². The number of carbonyl (C=O) groups is 2. The number of aromatic nitrogens is 2. The molecule has 0 saturated heterocycles. The van der Waals surface area contributed by atoms with E-state index in [2.05, 4.69) is 20.6 Å². The monoisotopic (exact) mass is 431 g/mol. The lowest BCUT2D eigenvalue weighted by Crippen LogP contribution is -2.15. The van der Waals surface area contributed by atoms with Crippen LogP contribution in [0.5, 0.6) is 0 Å². The third-order valence-corrected chi connectivity index (χ3v) is 5.96. The Hall–Kier alpha value is -3.78. The Balaban J connectivity index is 1.55. The molecule has 2 amide bonds. The number of hydrogen-bond acceptors (Lipinski definition) is 6. The number of benzene rings is 2. The Morgan fingerprint density at radius 2 is 1.90 bits per heavy atom. The molecule has 4 rings (SSSR count). The third kappa shape index (κ3) is 4.24. The fourth-order valence-electron chi connectivity index (χ4n) is 3.19. The lowest BCUT2D eigenvalue weighted by Gasteiger charge is -2.12. The minimum Gasteiger partial charge on any atom is -0.382 e. The molecule has 0 aliphatic carbocycles. The van der Waals surface area contributed by atoms with Crippen molar-refractivity contribution in [3.8, 4) is 0 Å². The molecule has 0 aliphatic heterocycles. The molecule has 4 N–H and O–H groups in total. The second kappa shape index (κ2) is 8.53. The third-order valence-electron chi connectivity index (χ3n) is 4.97. The molecular formula is C23H21N5O2S. The number of rotatable bonds is 5. The van der Waals surface area contributed by atoms with E-state index in [1.165, 1.54) is 17.7 Å². The summed E-state index contributed by atoms with van der Waals surface area (Å²) in [7, 11) is 0. The smallest absolute Gasteiger partial charge is 0.258 e. The number of hydrogen-bond donors (Lipinski definition) is 3. The molecule has 0 spiro atoms. The average Bonchev–Trinajstić information content (AvgIpc) is 3.22. The number of nitrogen functional groups attached to an aromatic ring is 1. The van der Waals surface area contributed by atoms with E-state index in [9.17, 15) is 9.59 Å². The predicted molar refractivity (Wildman–Crippen MR) is 125 cm³/mol. The molecule has 7 nitrogen and oxygen atoms in total. The first kappa shape index (κ1) is 20.5. The van der Waals surface area contributed by atoms with Crippen LogP contribution in [0.3, 0.4) is 0 Å². The first-order chi connectivity index (χ1) is 15.0. The van der Waals surface area contributed by atoms with Gasteiger partial charge >= 0.3 is 0 Å².